The Morgan fingerprint density at radius 1 is 1.39 bits per heavy atom. The number of nitrogens with zero attached hydrogens (tertiary/aromatic N) is 1. The van der Waals surface area contributed by atoms with Gasteiger partial charge in [-0.1, -0.05) is 37.3 Å². The molecular weight excluding hydrogens is 230 g/mol. The third kappa shape index (κ3) is 4.13. The number of hydrogen-bond acceptors (Lipinski definition) is 3. The first kappa shape index (κ1) is 14.7. The van der Waals surface area contributed by atoms with Crippen LogP contribution in [0.1, 0.15) is 18.5 Å². The number of carboxylic acids is 1. The lowest BCUT2D eigenvalue weighted by Gasteiger charge is -2.29. The number of aliphatic carboxylic acids is 1. The number of carbonyl (C=O) groups is 1. The van der Waals surface area contributed by atoms with Crippen LogP contribution in [-0.4, -0.2) is 43.3 Å². The van der Waals surface area contributed by atoms with E-state index in [2.05, 4.69) is 0 Å². The van der Waals surface area contributed by atoms with Gasteiger partial charge in [0.05, 0.1) is 18.6 Å². The first-order chi connectivity index (χ1) is 8.56. The Labute approximate surface area is 108 Å². The molecule has 0 heterocycles. The number of carboxylic acid groups (broad SMARTS) is 1. The fraction of sp³-hybridized carbons (Fsp3) is 0.500. The summed E-state index contributed by atoms with van der Waals surface area (Å²) in [4.78, 5) is 12.9. The van der Waals surface area contributed by atoms with E-state index in [0.29, 0.717) is 13.2 Å². The summed E-state index contributed by atoms with van der Waals surface area (Å²) in [6.45, 7) is 2.76. The molecule has 18 heavy (non-hydrogen) atoms. The van der Waals surface area contributed by atoms with Crippen LogP contribution < -0.4 is 0 Å². The number of rotatable bonds is 7. The summed E-state index contributed by atoms with van der Waals surface area (Å²) < 4.78 is 5.23. The molecule has 100 valence electrons. The van der Waals surface area contributed by atoms with Crippen LogP contribution in [0.4, 0.5) is 0 Å². The van der Waals surface area contributed by atoms with Gasteiger partial charge in [0.25, 0.3) is 0 Å². The Morgan fingerprint density at radius 3 is 2.50 bits per heavy atom. The lowest BCUT2D eigenvalue weighted by molar-refractivity contribution is -0.141. The Kier molecular flexibility index (Phi) is 5.82. The second-order valence-corrected chi connectivity index (χ2v) is 4.56. The van der Waals surface area contributed by atoms with Gasteiger partial charge in [0, 0.05) is 13.7 Å². The normalized spacial score (nSPS) is 14.4. The topological polar surface area (TPSA) is 49.8 Å². The molecule has 1 rings (SSSR count). The van der Waals surface area contributed by atoms with E-state index in [0.717, 1.165) is 5.56 Å². The minimum atomic E-state index is -0.772. The zero-order chi connectivity index (χ0) is 13.5. The largest absolute Gasteiger partial charge is 0.481 e. The van der Waals surface area contributed by atoms with E-state index >= 15 is 0 Å². The highest BCUT2D eigenvalue weighted by atomic mass is 16.5. The van der Waals surface area contributed by atoms with Crippen LogP contribution >= 0.6 is 0 Å². The van der Waals surface area contributed by atoms with Crippen LogP contribution in [0.2, 0.25) is 0 Å². The van der Waals surface area contributed by atoms with Crippen molar-refractivity contribution in [3.8, 4) is 0 Å². The van der Waals surface area contributed by atoms with Crippen LogP contribution in [0.25, 0.3) is 0 Å². The Bertz CT molecular complexity index is 367. The quantitative estimate of drug-likeness (QED) is 0.805. The second-order valence-electron chi connectivity index (χ2n) is 4.56. The molecule has 0 aliphatic heterocycles. The molecule has 0 fully saturated rings. The molecule has 0 saturated heterocycles. The van der Waals surface area contributed by atoms with Gasteiger partial charge < -0.3 is 9.84 Å². The lowest BCUT2D eigenvalue weighted by atomic mass is 10.0. The predicted octanol–water partition coefficient (Wildman–Crippen LogP) is 2.03. The molecule has 1 aromatic rings. The van der Waals surface area contributed by atoms with Crippen molar-refractivity contribution in [3.05, 3.63) is 35.9 Å². The maximum absolute atomic E-state index is 10.9. The van der Waals surface area contributed by atoms with Crippen LogP contribution in [0, 0.1) is 5.92 Å². The first-order valence-corrected chi connectivity index (χ1v) is 6.03. The van der Waals surface area contributed by atoms with E-state index in [9.17, 15) is 4.79 Å². The average Bonchev–Trinajstić information content (AvgIpc) is 2.36. The third-order valence-corrected chi connectivity index (χ3v) is 3.02. The number of benzene rings is 1. The van der Waals surface area contributed by atoms with Gasteiger partial charge in [-0.2, -0.15) is 0 Å². The van der Waals surface area contributed by atoms with Crippen LogP contribution in [-0.2, 0) is 9.53 Å². The zero-order valence-corrected chi connectivity index (χ0v) is 11.2. The van der Waals surface area contributed by atoms with E-state index in [1.807, 2.05) is 42.3 Å². The molecule has 1 aromatic carbocycles. The molecule has 0 aliphatic carbocycles. The van der Waals surface area contributed by atoms with Gasteiger partial charge in [-0.25, -0.2) is 0 Å². The molecule has 0 radical (unpaired) electrons. The fourth-order valence-corrected chi connectivity index (χ4v) is 1.95. The van der Waals surface area contributed by atoms with Gasteiger partial charge in [0.15, 0.2) is 0 Å². The maximum Gasteiger partial charge on any atom is 0.307 e. The molecule has 0 aliphatic rings. The summed E-state index contributed by atoms with van der Waals surface area (Å²) in [7, 11) is 3.58. The molecule has 4 heteroatoms. The van der Waals surface area contributed by atoms with E-state index in [1.54, 1.807) is 14.0 Å². The van der Waals surface area contributed by atoms with Crippen molar-refractivity contribution in [2.75, 3.05) is 27.3 Å². The Morgan fingerprint density at radius 2 is 2.00 bits per heavy atom. The molecule has 0 bridgehead atoms. The fourth-order valence-electron chi connectivity index (χ4n) is 1.95. The van der Waals surface area contributed by atoms with Crippen LogP contribution in [0.15, 0.2) is 30.3 Å². The van der Waals surface area contributed by atoms with Crippen molar-refractivity contribution in [1.82, 2.24) is 4.90 Å². The van der Waals surface area contributed by atoms with Crippen molar-refractivity contribution in [2.24, 2.45) is 5.92 Å². The monoisotopic (exact) mass is 251 g/mol. The highest BCUT2D eigenvalue weighted by Gasteiger charge is 2.21. The molecule has 2 atom stereocenters. The van der Waals surface area contributed by atoms with Gasteiger partial charge in [-0.15, -0.1) is 0 Å². The summed E-state index contributed by atoms with van der Waals surface area (Å²) in [5.41, 5.74) is 1.14. The summed E-state index contributed by atoms with van der Waals surface area (Å²) in [5, 5.41) is 8.96. The molecule has 2 unspecified atom stereocenters. The minimum Gasteiger partial charge on any atom is -0.481 e. The van der Waals surface area contributed by atoms with Gasteiger partial charge in [0.2, 0.25) is 0 Å². The summed E-state index contributed by atoms with van der Waals surface area (Å²) in [6, 6.07) is 10.1. The van der Waals surface area contributed by atoms with Gasteiger partial charge in [0.1, 0.15) is 0 Å². The van der Waals surface area contributed by atoms with E-state index in [-0.39, 0.29) is 6.04 Å². The number of ether oxygens (including phenoxy) is 1. The summed E-state index contributed by atoms with van der Waals surface area (Å²) in [5.74, 6) is -1.16. The summed E-state index contributed by atoms with van der Waals surface area (Å²) >= 11 is 0. The van der Waals surface area contributed by atoms with Gasteiger partial charge in [-0.05, 0) is 12.6 Å². The standard InChI is InChI=1S/C14H21NO3/c1-11(14(16)17)9-15(2)13(10-18-3)12-7-5-4-6-8-12/h4-8,11,13H,9-10H2,1-3H3,(H,16,17). The van der Waals surface area contributed by atoms with Crippen LogP contribution in [0.3, 0.4) is 0 Å². The van der Waals surface area contributed by atoms with E-state index in [4.69, 9.17) is 9.84 Å². The van der Waals surface area contributed by atoms with Crippen molar-refractivity contribution < 1.29 is 14.6 Å². The average molecular weight is 251 g/mol. The first-order valence-electron chi connectivity index (χ1n) is 6.03. The molecule has 0 amide bonds. The highest BCUT2D eigenvalue weighted by Crippen LogP contribution is 2.20. The van der Waals surface area contributed by atoms with Crippen molar-refractivity contribution in [3.63, 3.8) is 0 Å². The van der Waals surface area contributed by atoms with E-state index < -0.39 is 11.9 Å². The molecular formula is C14H21NO3. The van der Waals surface area contributed by atoms with Gasteiger partial charge in [-0.3, -0.25) is 9.69 Å². The highest BCUT2D eigenvalue weighted by molar-refractivity contribution is 5.69. The molecule has 1 N–H and O–H groups in total. The summed E-state index contributed by atoms with van der Waals surface area (Å²) in [6.07, 6.45) is 0. The number of likely N-dealkylation sites (N-methyl/N-ethyl adjacent to an activating group) is 1. The Balaban J connectivity index is 2.76. The molecule has 0 aromatic heterocycles. The number of hydrogen-bond donors (Lipinski definition) is 1. The van der Waals surface area contributed by atoms with E-state index in [1.165, 1.54) is 0 Å². The molecule has 0 spiro atoms. The lowest BCUT2D eigenvalue weighted by Crippen LogP contribution is -2.34. The van der Waals surface area contributed by atoms with Crippen molar-refractivity contribution in [1.29, 1.82) is 0 Å². The zero-order valence-electron chi connectivity index (χ0n) is 11.2. The van der Waals surface area contributed by atoms with Gasteiger partial charge >= 0.3 is 5.97 Å². The molecule has 4 nitrogen and oxygen atoms in total. The van der Waals surface area contributed by atoms with Crippen LogP contribution in [0.5, 0.6) is 0 Å². The second kappa shape index (κ2) is 7.13. The molecule has 0 saturated carbocycles. The smallest absolute Gasteiger partial charge is 0.307 e. The Hall–Kier alpha value is -1.39. The predicted molar refractivity (Wildman–Crippen MR) is 70.5 cm³/mol. The minimum absolute atomic E-state index is 0.0815. The maximum atomic E-state index is 10.9. The third-order valence-electron chi connectivity index (χ3n) is 3.02. The SMILES string of the molecule is COCC(c1ccccc1)N(C)CC(C)C(=O)O. The van der Waals surface area contributed by atoms with Crippen molar-refractivity contribution in [2.45, 2.75) is 13.0 Å². The van der Waals surface area contributed by atoms with Crippen molar-refractivity contribution >= 4 is 5.97 Å². The number of methoxy groups -OCH3 is 1.